The van der Waals surface area contributed by atoms with Crippen LogP contribution in [0.4, 0.5) is 0 Å². The molecular weight excluding hydrogens is 180 g/mol. The number of benzene rings is 1. The van der Waals surface area contributed by atoms with Crippen molar-refractivity contribution in [2.45, 2.75) is 25.7 Å². The maximum Gasteiger partial charge on any atom is -0.0116 e. The van der Waals surface area contributed by atoms with Gasteiger partial charge in [0.2, 0.25) is 0 Å². The zero-order valence-corrected chi connectivity index (χ0v) is 9.11. The molecule has 3 rings (SSSR count). The Morgan fingerprint density at radius 2 is 2.07 bits per heavy atom. The lowest BCUT2D eigenvalue weighted by molar-refractivity contribution is 0.525. The van der Waals surface area contributed by atoms with Crippen LogP contribution in [0.3, 0.4) is 0 Å². The van der Waals surface area contributed by atoms with Gasteiger partial charge >= 0.3 is 0 Å². The van der Waals surface area contributed by atoms with Crippen molar-refractivity contribution in [3.8, 4) is 0 Å². The van der Waals surface area contributed by atoms with Gasteiger partial charge in [0.25, 0.3) is 0 Å². The van der Waals surface area contributed by atoms with Gasteiger partial charge in [-0.25, -0.2) is 0 Å². The van der Waals surface area contributed by atoms with E-state index in [2.05, 4.69) is 49.4 Å². The maximum atomic E-state index is 2.36. The molecule has 0 saturated carbocycles. The van der Waals surface area contributed by atoms with Crippen molar-refractivity contribution >= 4 is 5.57 Å². The smallest absolute Gasteiger partial charge is 0.0116 e. The van der Waals surface area contributed by atoms with Crippen molar-refractivity contribution in [2.75, 3.05) is 0 Å². The number of hydrogen-bond acceptors (Lipinski definition) is 0. The molecular formula is C15H16. The van der Waals surface area contributed by atoms with Crippen LogP contribution in [-0.4, -0.2) is 0 Å². The summed E-state index contributed by atoms with van der Waals surface area (Å²) >= 11 is 0. The van der Waals surface area contributed by atoms with Gasteiger partial charge in [-0.2, -0.15) is 0 Å². The van der Waals surface area contributed by atoms with Crippen molar-refractivity contribution in [1.29, 1.82) is 0 Å². The Hall–Kier alpha value is -1.30. The maximum absolute atomic E-state index is 2.36. The minimum absolute atomic E-state index is 0.717. The second kappa shape index (κ2) is 3.37. The monoisotopic (exact) mass is 196 g/mol. The van der Waals surface area contributed by atoms with Crippen LogP contribution >= 0.6 is 0 Å². The molecule has 0 aliphatic heterocycles. The van der Waals surface area contributed by atoms with E-state index < -0.39 is 0 Å². The van der Waals surface area contributed by atoms with Crippen LogP contribution in [0.25, 0.3) is 5.57 Å². The summed E-state index contributed by atoms with van der Waals surface area (Å²) in [7, 11) is 0. The van der Waals surface area contributed by atoms with Crippen LogP contribution in [0, 0.1) is 5.92 Å². The highest BCUT2D eigenvalue weighted by molar-refractivity contribution is 5.74. The zero-order chi connectivity index (χ0) is 10.3. The summed E-state index contributed by atoms with van der Waals surface area (Å²) in [6.45, 7) is 2.36. The number of hydrogen-bond donors (Lipinski definition) is 0. The molecule has 2 aliphatic carbocycles. The molecule has 2 unspecified atom stereocenters. The van der Waals surface area contributed by atoms with Gasteiger partial charge in [-0.3, -0.25) is 0 Å². The van der Waals surface area contributed by atoms with E-state index in [4.69, 9.17) is 0 Å². The molecule has 0 nitrogen and oxygen atoms in total. The average molecular weight is 196 g/mol. The standard InChI is InChI=1S/C15H16/c1-11-10-12-6-2-3-8-14(12)15-9-5-4-7-13(11)15/h2-5,7-9,11-12H,6,10H2,1H3. The Morgan fingerprint density at radius 3 is 3.00 bits per heavy atom. The fourth-order valence-corrected chi connectivity index (χ4v) is 2.95. The Morgan fingerprint density at radius 1 is 1.20 bits per heavy atom. The highest BCUT2D eigenvalue weighted by Gasteiger charge is 2.27. The summed E-state index contributed by atoms with van der Waals surface area (Å²) in [5.74, 6) is 1.48. The average Bonchev–Trinajstić information content (AvgIpc) is 2.30. The van der Waals surface area contributed by atoms with Crippen LogP contribution < -0.4 is 0 Å². The molecule has 76 valence electrons. The molecule has 0 spiro atoms. The van der Waals surface area contributed by atoms with Crippen molar-refractivity contribution in [2.24, 2.45) is 5.92 Å². The van der Waals surface area contributed by atoms with Crippen LogP contribution in [-0.2, 0) is 0 Å². The predicted octanol–water partition coefficient (Wildman–Crippen LogP) is 4.15. The van der Waals surface area contributed by atoms with E-state index in [1.807, 2.05) is 0 Å². The van der Waals surface area contributed by atoms with E-state index in [1.165, 1.54) is 24.0 Å². The first-order valence-corrected chi connectivity index (χ1v) is 5.82. The van der Waals surface area contributed by atoms with Crippen molar-refractivity contribution in [1.82, 2.24) is 0 Å². The molecule has 15 heavy (non-hydrogen) atoms. The normalized spacial score (nSPS) is 27.9. The summed E-state index contributed by atoms with van der Waals surface area (Å²) in [5.41, 5.74) is 4.59. The summed E-state index contributed by atoms with van der Waals surface area (Å²) in [6.07, 6.45) is 9.35. The van der Waals surface area contributed by atoms with Gasteiger partial charge in [0, 0.05) is 0 Å². The van der Waals surface area contributed by atoms with Crippen molar-refractivity contribution < 1.29 is 0 Å². The molecule has 0 aromatic heterocycles. The fraction of sp³-hybridized carbons (Fsp3) is 0.333. The Bertz CT molecular complexity index is 437. The fourth-order valence-electron chi connectivity index (χ4n) is 2.95. The predicted molar refractivity (Wildman–Crippen MR) is 64.7 cm³/mol. The van der Waals surface area contributed by atoms with Crippen LogP contribution in [0.15, 0.2) is 42.5 Å². The van der Waals surface area contributed by atoms with Gasteiger partial charge in [0.15, 0.2) is 0 Å². The Balaban J connectivity index is 2.17. The molecule has 1 aromatic carbocycles. The van der Waals surface area contributed by atoms with E-state index in [-0.39, 0.29) is 0 Å². The van der Waals surface area contributed by atoms with Crippen molar-refractivity contribution in [3.63, 3.8) is 0 Å². The number of fused-ring (bicyclic) bond motifs is 3. The lowest BCUT2D eigenvalue weighted by Gasteiger charge is -2.33. The van der Waals surface area contributed by atoms with Gasteiger partial charge in [0.05, 0.1) is 0 Å². The van der Waals surface area contributed by atoms with E-state index in [9.17, 15) is 0 Å². The molecule has 1 aromatic rings. The number of rotatable bonds is 0. The van der Waals surface area contributed by atoms with Gasteiger partial charge in [-0.1, -0.05) is 49.4 Å². The third-order valence-corrected chi connectivity index (χ3v) is 3.71. The second-order valence-electron chi connectivity index (χ2n) is 4.71. The first-order valence-electron chi connectivity index (χ1n) is 5.82. The largest absolute Gasteiger partial charge is 0.0839 e. The molecule has 0 radical (unpaired) electrons. The molecule has 0 amide bonds. The first-order chi connectivity index (χ1) is 7.36. The van der Waals surface area contributed by atoms with E-state index in [0.29, 0.717) is 0 Å². The van der Waals surface area contributed by atoms with Gasteiger partial charge in [0.1, 0.15) is 0 Å². The molecule has 0 saturated heterocycles. The molecule has 0 N–H and O–H groups in total. The van der Waals surface area contributed by atoms with Gasteiger partial charge < -0.3 is 0 Å². The van der Waals surface area contributed by atoms with E-state index in [1.54, 1.807) is 5.57 Å². The summed E-state index contributed by atoms with van der Waals surface area (Å²) in [5, 5.41) is 0. The molecule has 0 bridgehead atoms. The third-order valence-electron chi connectivity index (χ3n) is 3.71. The highest BCUT2D eigenvalue weighted by atomic mass is 14.3. The van der Waals surface area contributed by atoms with E-state index >= 15 is 0 Å². The lowest BCUT2D eigenvalue weighted by atomic mass is 9.72. The van der Waals surface area contributed by atoms with E-state index in [0.717, 1.165) is 11.8 Å². The first kappa shape index (κ1) is 8.96. The minimum atomic E-state index is 0.717. The van der Waals surface area contributed by atoms with Gasteiger partial charge in [-0.15, -0.1) is 0 Å². The Labute approximate surface area is 91.3 Å². The second-order valence-corrected chi connectivity index (χ2v) is 4.71. The molecule has 0 fully saturated rings. The SMILES string of the molecule is CC1CC2CC=CC=C2c2ccccc21. The highest BCUT2D eigenvalue weighted by Crippen LogP contribution is 2.44. The zero-order valence-electron chi connectivity index (χ0n) is 9.11. The molecule has 2 aliphatic rings. The van der Waals surface area contributed by atoms with Crippen LogP contribution in [0.1, 0.15) is 36.8 Å². The summed E-state index contributed by atoms with van der Waals surface area (Å²) in [6, 6.07) is 8.89. The minimum Gasteiger partial charge on any atom is -0.0839 e. The number of allylic oxidation sites excluding steroid dienone is 4. The molecule has 2 atom stereocenters. The summed E-state index contributed by atoms with van der Waals surface area (Å²) < 4.78 is 0. The quantitative estimate of drug-likeness (QED) is 0.584. The molecule has 0 heteroatoms. The molecule has 0 heterocycles. The lowest BCUT2D eigenvalue weighted by Crippen LogP contribution is -2.16. The third kappa shape index (κ3) is 1.36. The van der Waals surface area contributed by atoms with Gasteiger partial charge in [-0.05, 0) is 41.4 Å². The van der Waals surface area contributed by atoms with Crippen molar-refractivity contribution in [3.05, 3.63) is 53.6 Å². The van der Waals surface area contributed by atoms with Crippen LogP contribution in [0.2, 0.25) is 0 Å². The summed E-state index contributed by atoms with van der Waals surface area (Å²) in [4.78, 5) is 0. The topological polar surface area (TPSA) is 0 Å². The Kier molecular flexibility index (Phi) is 2.02. The van der Waals surface area contributed by atoms with Crippen LogP contribution in [0.5, 0.6) is 0 Å².